The van der Waals surface area contributed by atoms with Crippen LogP contribution in [0.15, 0.2) is 77.9 Å². The van der Waals surface area contributed by atoms with E-state index in [0.29, 0.717) is 34.3 Å². The SMILES string of the molecule is COc1cc(C=NNC(=O)c2[nH]c3c(C)cc(C)cc3c2-c2ccccc2)ccc1OC(=O)c1cc(OC)c(OC)c(OC)c1. The van der Waals surface area contributed by atoms with Gasteiger partial charge in [-0.15, -0.1) is 0 Å². The second-order valence-corrected chi connectivity index (χ2v) is 10.2. The molecule has 0 unspecified atom stereocenters. The number of ether oxygens (including phenoxy) is 5. The van der Waals surface area contributed by atoms with Crippen molar-refractivity contribution in [2.24, 2.45) is 5.10 Å². The number of hydrazone groups is 1. The van der Waals surface area contributed by atoms with Crippen molar-refractivity contribution >= 4 is 29.0 Å². The van der Waals surface area contributed by atoms with Gasteiger partial charge in [0.05, 0.1) is 40.2 Å². The normalized spacial score (nSPS) is 11.0. The molecule has 5 rings (SSSR count). The molecule has 0 radical (unpaired) electrons. The molecule has 2 N–H and O–H groups in total. The van der Waals surface area contributed by atoms with Gasteiger partial charge in [0.2, 0.25) is 5.75 Å². The van der Waals surface area contributed by atoms with Gasteiger partial charge in [0.25, 0.3) is 5.91 Å². The summed E-state index contributed by atoms with van der Waals surface area (Å²) in [7, 11) is 5.86. The van der Waals surface area contributed by atoms with Gasteiger partial charge in [0.1, 0.15) is 5.69 Å². The number of carbonyl (C=O) groups excluding carboxylic acids is 2. The lowest BCUT2D eigenvalue weighted by atomic mass is 9.99. The number of fused-ring (bicyclic) bond motifs is 1. The number of H-pyrrole nitrogens is 1. The second kappa shape index (κ2) is 13.3. The standard InChI is InChI=1S/C35H33N3O7/c1-20-14-21(2)31-25(15-20)30(23-10-8-7-9-11-23)32(37-31)34(39)38-36-19-22-12-13-26(27(16-22)41-3)45-35(40)24-17-28(42-4)33(44-6)29(18-24)43-5/h7-19,37H,1-6H3,(H,38,39). The van der Waals surface area contributed by atoms with Crippen molar-refractivity contribution in [1.29, 1.82) is 0 Å². The number of aromatic nitrogens is 1. The van der Waals surface area contributed by atoms with Crippen LogP contribution in [0.1, 0.15) is 37.5 Å². The van der Waals surface area contributed by atoms with Crippen LogP contribution >= 0.6 is 0 Å². The molecule has 10 nitrogen and oxygen atoms in total. The molecule has 0 saturated heterocycles. The fraction of sp³-hybridized carbons (Fsp3) is 0.171. The fourth-order valence-electron chi connectivity index (χ4n) is 5.16. The molecule has 1 aromatic heterocycles. The van der Waals surface area contributed by atoms with Gasteiger partial charge in [0, 0.05) is 16.5 Å². The summed E-state index contributed by atoms with van der Waals surface area (Å²) in [6, 6.07) is 21.8. The minimum absolute atomic E-state index is 0.189. The summed E-state index contributed by atoms with van der Waals surface area (Å²) in [6.07, 6.45) is 1.48. The topological polar surface area (TPSA) is 120 Å². The van der Waals surface area contributed by atoms with Crippen molar-refractivity contribution in [3.63, 3.8) is 0 Å². The number of hydrogen-bond donors (Lipinski definition) is 2. The average Bonchev–Trinajstić information content (AvgIpc) is 3.44. The molecule has 4 aromatic carbocycles. The average molecular weight is 608 g/mol. The van der Waals surface area contributed by atoms with Crippen LogP contribution in [-0.4, -0.2) is 51.5 Å². The lowest BCUT2D eigenvalue weighted by molar-refractivity contribution is 0.0728. The number of aryl methyl sites for hydroxylation is 2. The third kappa shape index (κ3) is 6.30. The molecule has 0 aliphatic heterocycles. The Morgan fingerprint density at radius 1 is 0.778 bits per heavy atom. The third-order valence-electron chi connectivity index (χ3n) is 7.21. The number of rotatable bonds is 10. The van der Waals surface area contributed by atoms with Crippen LogP contribution in [0.2, 0.25) is 0 Å². The van der Waals surface area contributed by atoms with Gasteiger partial charge in [0.15, 0.2) is 23.0 Å². The van der Waals surface area contributed by atoms with E-state index in [1.807, 2.05) is 44.2 Å². The van der Waals surface area contributed by atoms with E-state index in [2.05, 4.69) is 27.6 Å². The van der Waals surface area contributed by atoms with E-state index in [1.165, 1.54) is 46.8 Å². The van der Waals surface area contributed by atoms with E-state index >= 15 is 0 Å². The molecule has 1 amide bonds. The summed E-state index contributed by atoms with van der Waals surface area (Å²) >= 11 is 0. The molecular weight excluding hydrogens is 574 g/mol. The van der Waals surface area contributed by atoms with Crippen LogP contribution in [0.5, 0.6) is 28.7 Å². The highest BCUT2D eigenvalue weighted by Gasteiger charge is 2.21. The Kier molecular flexibility index (Phi) is 9.04. The largest absolute Gasteiger partial charge is 0.493 e. The fourth-order valence-corrected chi connectivity index (χ4v) is 5.16. The van der Waals surface area contributed by atoms with Crippen molar-refractivity contribution in [2.75, 3.05) is 28.4 Å². The highest BCUT2D eigenvalue weighted by molar-refractivity contribution is 6.10. The van der Waals surface area contributed by atoms with Crippen molar-refractivity contribution in [3.8, 4) is 39.9 Å². The first-order chi connectivity index (χ1) is 21.8. The Bertz CT molecular complexity index is 1890. The van der Waals surface area contributed by atoms with Crippen LogP contribution in [0.3, 0.4) is 0 Å². The van der Waals surface area contributed by atoms with Gasteiger partial charge in [-0.3, -0.25) is 4.79 Å². The number of esters is 1. The van der Waals surface area contributed by atoms with Gasteiger partial charge < -0.3 is 28.7 Å². The molecular formula is C35H33N3O7. The lowest BCUT2D eigenvalue weighted by Gasteiger charge is -2.14. The minimum atomic E-state index is -0.654. The molecule has 10 heteroatoms. The quantitative estimate of drug-likeness (QED) is 0.0808. The van der Waals surface area contributed by atoms with Crippen LogP contribution < -0.4 is 29.1 Å². The smallest absolute Gasteiger partial charge is 0.343 e. The molecule has 0 atom stereocenters. The second-order valence-electron chi connectivity index (χ2n) is 10.2. The van der Waals surface area contributed by atoms with E-state index in [0.717, 1.165) is 33.2 Å². The van der Waals surface area contributed by atoms with E-state index in [-0.39, 0.29) is 17.2 Å². The van der Waals surface area contributed by atoms with Crippen molar-refractivity contribution < 1.29 is 33.3 Å². The van der Waals surface area contributed by atoms with E-state index in [4.69, 9.17) is 23.7 Å². The molecule has 5 aromatic rings. The molecule has 1 heterocycles. The van der Waals surface area contributed by atoms with Crippen molar-refractivity contribution in [3.05, 3.63) is 101 Å². The first-order valence-electron chi connectivity index (χ1n) is 14.0. The summed E-state index contributed by atoms with van der Waals surface area (Å²) in [5.41, 5.74) is 8.61. The lowest BCUT2D eigenvalue weighted by Crippen LogP contribution is -2.18. The molecule has 45 heavy (non-hydrogen) atoms. The molecule has 230 valence electrons. The Hall–Kier alpha value is -5.77. The van der Waals surface area contributed by atoms with Crippen LogP contribution in [0, 0.1) is 13.8 Å². The van der Waals surface area contributed by atoms with Crippen molar-refractivity contribution in [2.45, 2.75) is 13.8 Å². The zero-order valence-corrected chi connectivity index (χ0v) is 25.8. The number of benzene rings is 4. The Labute approximate surface area is 260 Å². The van der Waals surface area contributed by atoms with Gasteiger partial charge in [-0.05, 0) is 66.9 Å². The molecule has 0 fully saturated rings. The molecule has 0 aliphatic carbocycles. The van der Waals surface area contributed by atoms with E-state index < -0.39 is 5.97 Å². The molecule has 0 aliphatic rings. The summed E-state index contributed by atoms with van der Waals surface area (Å²) in [5, 5.41) is 5.15. The van der Waals surface area contributed by atoms with Crippen LogP contribution in [0.4, 0.5) is 0 Å². The zero-order chi connectivity index (χ0) is 32.1. The number of nitrogens with one attached hydrogen (secondary N) is 2. The van der Waals surface area contributed by atoms with Crippen LogP contribution in [0.25, 0.3) is 22.0 Å². The van der Waals surface area contributed by atoms with E-state index in [1.54, 1.807) is 18.2 Å². The summed E-state index contributed by atoms with van der Waals surface area (Å²) < 4.78 is 27.1. The number of carbonyl (C=O) groups is 2. The van der Waals surface area contributed by atoms with E-state index in [9.17, 15) is 9.59 Å². The summed E-state index contributed by atoms with van der Waals surface area (Å²) in [4.78, 5) is 29.7. The van der Waals surface area contributed by atoms with Crippen molar-refractivity contribution in [1.82, 2.24) is 10.4 Å². The molecule has 0 bridgehead atoms. The first kappa shape index (κ1) is 30.7. The number of nitrogens with zero attached hydrogens (tertiary/aromatic N) is 1. The van der Waals surface area contributed by atoms with Gasteiger partial charge >= 0.3 is 5.97 Å². The van der Waals surface area contributed by atoms with Gasteiger partial charge in [-0.1, -0.05) is 42.0 Å². The molecule has 0 spiro atoms. The maximum atomic E-state index is 13.4. The number of aromatic amines is 1. The van der Waals surface area contributed by atoms with Gasteiger partial charge in [-0.2, -0.15) is 5.10 Å². The zero-order valence-electron chi connectivity index (χ0n) is 25.8. The predicted molar refractivity (Wildman–Crippen MR) is 172 cm³/mol. The monoisotopic (exact) mass is 607 g/mol. The third-order valence-corrected chi connectivity index (χ3v) is 7.21. The Morgan fingerprint density at radius 2 is 1.47 bits per heavy atom. The van der Waals surface area contributed by atoms with Gasteiger partial charge in [-0.25, -0.2) is 10.2 Å². The predicted octanol–water partition coefficient (Wildman–Crippen LogP) is 6.47. The maximum absolute atomic E-state index is 13.4. The summed E-state index contributed by atoms with van der Waals surface area (Å²) in [5.74, 6) is 0.430. The Morgan fingerprint density at radius 3 is 2.11 bits per heavy atom. The number of methoxy groups -OCH3 is 4. The highest BCUT2D eigenvalue weighted by Crippen LogP contribution is 2.39. The molecule has 0 saturated carbocycles. The number of hydrogen-bond acceptors (Lipinski definition) is 8. The number of amides is 1. The minimum Gasteiger partial charge on any atom is -0.493 e. The summed E-state index contributed by atoms with van der Waals surface area (Å²) in [6.45, 7) is 4.05. The first-order valence-corrected chi connectivity index (χ1v) is 14.0. The van der Waals surface area contributed by atoms with Crippen LogP contribution in [-0.2, 0) is 0 Å². The highest BCUT2D eigenvalue weighted by atomic mass is 16.6. The maximum Gasteiger partial charge on any atom is 0.343 e. The Balaban J connectivity index is 1.36.